The van der Waals surface area contributed by atoms with E-state index < -0.39 is 34.7 Å². The van der Waals surface area contributed by atoms with Gasteiger partial charge >= 0.3 is 6.03 Å². The number of rotatable bonds is 7. The third-order valence-electron chi connectivity index (χ3n) is 5.74. The van der Waals surface area contributed by atoms with Crippen molar-refractivity contribution in [2.75, 3.05) is 16.5 Å². The smallest absolute Gasteiger partial charge is 0.320 e. The van der Waals surface area contributed by atoms with Crippen molar-refractivity contribution in [3.63, 3.8) is 0 Å². The lowest BCUT2D eigenvalue weighted by atomic mass is 10.0. The SMILES string of the molecule is CC(C)(O)CC(=O)N1CN(C(N)=O)c2ccc(Cn3cnc(OCc4ccc(F)cc4F)c(Cl)c3=O)cc21. The molecule has 1 aromatic heterocycles. The molecular weight excluding hydrogens is 524 g/mol. The Balaban J connectivity index is 1.56. The third kappa shape index (κ3) is 5.76. The van der Waals surface area contributed by atoms with Gasteiger partial charge in [0.1, 0.15) is 31.2 Å². The summed E-state index contributed by atoms with van der Waals surface area (Å²) in [6, 6.07) is 7.13. The number of aromatic nitrogens is 2. The van der Waals surface area contributed by atoms with E-state index in [1.165, 1.54) is 40.6 Å². The van der Waals surface area contributed by atoms with E-state index in [9.17, 15) is 28.3 Å². The minimum Gasteiger partial charge on any atom is -0.471 e. The standard InChI is InChI=1S/C25H24ClF2N5O5/c1-25(2,37)9-20(34)32-13-33(24(29)36)18-6-3-14(7-19(18)32)10-31-12-30-22(21(26)23(31)35)38-11-15-4-5-16(27)8-17(15)28/h3-8,12,37H,9-11,13H2,1-2H3,(H2,29,36). The molecule has 3 aromatic rings. The average molecular weight is 548 g/mol. The van der Waals surface area contributed by atoms with Gasteiger partial charge in [0.05, 0.1) is 29.9 Å². The van der Waals surface area contributed by atoms with Crippen LogP contribution in [0.25, 0.3) is 0 Å². The average Bonchev–Trinajstić information content (AvgIpc) is 3.21. The summed E-state index contributed by atoms with van der Waals surface area (Å²) in [5, 5.41) is 9.74. The Morgan fingerprint density at radius 3 is 2.55 bits per heavy atom. The van der Waals surface area contributed by atoms with Gasteiger partial charge in [-0.2, -0.15) is 0 Å². The molecule has 2 aromatic carbocycles. The van der Waals surface area contributed by atoms with Crippen LogP contribution >= 0.6 is 11.6 Å². The molecule has 0 saturated heterocycles. The molecule has 13 heteroatoms. The fraction of sp³-hybridized carbons (Fsp3) is 0.280. The molecule has 4 rings (SSSR count). The molecule has 0 bridgehead atoms. The van der Waals surface area contributed by atoms with Gasteiger partial charge in [0.2, 0.25) is 11.8 Å². The molecule has 38 heavy (non-hydrogen) atoms. The van der Waals surface area contributed by atoms with E-state index >= 15 is 0 Å². The maximum absolute atomic E-state index is 13.9. The number of amides is 3. The van der Waals surface area contributed by atoms with Gasteiger partial charge < -0.3 is 15.6 Å². The Hall–Kier alpha value is -4.03. The summed E-state index contributed by atoms with van der Waals surface area (Å²) in [6.45, 7) is 2.57. The molecule has 200 valence electrons. The molecule has 2 heterocycles. The molecule has 1 aliphatic heterocycles. The third-order valence-corrected chi connectivity index (χ3v) is 6.06. The van der Waals surface area contributed by atoms with E-state index in [1.54, 1.807) is 18.2 Å². The van der Waals surface area contributed by atoms with Gasteiger partial charge in [-0.05, 0) is 43.7 Å². The Morgan fingerprint density at radius 1 is 1.16 bits per heavy atom. The summed E-state index contributed by atoms with van der Waals surface area (Å²) < 4.78 is 33.5. The lowest BCUT2D eigenvalue weighted by molar-refractivity contribution is -0.122. The molecule has 3 amide bonds. The number of ether oxygens (including phenoxy) is 1. The summed E-state index contributed by atoms with van der Waals surface area (Å²) in [6.07, 6.45) is 1.01. The summed E-state index contributed by atoms with van der Waals surface area (Å²) in [5.74, 6) is -2.17. The number of fused-ring (bicyclic) bond motifs is 1. The number of nitrogens with zero attached hydrogens (tertiary/aromatic N) is 4. The van der Waals surface area contributed by atoms with Crippen molar-refractivity contribution in [1.29, 1.82) is 0 Å². The highest BCUT2D eigenvalue weighted by Gasteiger charge is 2.34. The minimum atomic E-state index is -1.27. The predicted molar refractivity (Wildman–Crippen MR) is 135 cm³/mol. The topological polar surface area (TPSA) is 131 Å². The minimum absolute atomic E-state index is 0.00972. The van der Waals surface area contributed by atoms with E-state index in [-0.39, 0.29) is 42.7 Å². The second-order valence-electron chi connectivity index (χ2n) is 9.36. The quantitative estimate of drug-likeness (QED) is 0.467. The molecule has 3 N–H and O–H groups in total. The molecule has 0 atom stereocenters. The molecule has 0 radical (unpaired) electrons. The normalized spacial score (nSPS) is 13.0. The summed E-state index contributed by atoms with van der Waals surface area (Å²) in [5.41, 5.74) is 5.01. The lowest BCUT2D eigenvalue weighted by Gasteiger charge is -2.22. The monoisotopic (exact) mass is 547 g/mol. The Bertz CT molecular complexity index is 1470. The number of benzene rings is 2. The van der Waals surface area contributed by atoms with Gasteiger partial charge in [-0.15, -0.1) is 0 Å². The van der Waals surface area contributed by atoms with Crippen molar-refractivity contribution in [2.24, 2.45) is 5.73 Å². The van der Waals surface area contributed by atoms with Crippen LogP contribution in [-0.4, -0.2) is 38.9 Å². The van der Waals surface area contributed by atoms with Gasteiger partial charge in [-0.25, -0.2) is 18.6 Å². The zero-order chi connectivity index (χ0) is 27.8. The molecule has 0 spiro atoms. The van der Waals surface area contributed by atoms with Crippen LogP contribution in [0, 0.1) is 11.6 Å². The highest BCUT2D eigenvalue weighted by Crippen LogP contribution is 2.37. The summed E-state index contributed by atoms with van der Waals surface area (Å²) >= 11 is 6.16. The number of halogens is 3. The summed E-state index contributed by atoms with van der Waals surface area (Å²) in [4.78, 5) is 44.2. The molecule has 0 unspecified atom stereocenters. The van der Waals surface area contributed by atoms with Crippen LogP contribution in [0.3, 0.4) is 0 Å². The van der Waals surface area contributed by atoms with E-state index in [2.05, 4.69) is 4.98 Å². The maximum Gasteiger partial charge on any atom is 0.320 e. The fourth-order valence-electron chi connectivity index (χ4n) is 3.92. The van der Waals surface area contributed by atoms with Gasteiger partial charge in [0, 0.05) is 11.6 Å². The maximum atomic E-state index is 13.9. The van der Waals surface area contributed by atoms with Crippen molar-refractivity contribution in [3.8, 4) is 5.88 Å². The number of hydrogen-bond donors (Lipinski definition) is 2. The van der Waals surface area contributed by atoms with E-state index in [1.807, 2.05) is 0 Å². The lowest BCUT2D eigenvalue weighted by Crippen LogP contribution is -2.42. The van der Waals surface area contributed by atoms with Crippen LogP contribution in [0.2, 0.25) is 5.02 Å². The second-order valence-corrected chi connectivity index (χ2v) is 9.74. The number of urea groups is 1. The molecule has 0 fully saturated rings. The van der Waals surface area contributed by atoms with Crippen LogP contribution in [0.15, 0.2) is 47.5 Å². The van der Waals surface area contributed by atoms with E-state index in [4.69, 9.17) is 22.1 Å². The van der Waals surface area contributed by atoms with Crippen molar-refractivity contribution >= 4 is 34.9 Å². The number of hydrogen-bond acceptors (Lipinski definition) is 6. The largest absolute Gasteiger partial charge is 0.471 e. The van der Waals surface area contributed by atoms with Gasteiger partial charge in [-0.1, -0.05) is 17.7 Å². The first-order valence-corrected chi connectivity index (χ1v) is 11.8. The molecule has 0 saturated carbocycles. The van der Waals surface area contributed by atoms with Crippen LogP contribution < -0.4 is 25.8 Å². The number of carbonyl (C=O) groups excluding carboxylic acids is 2. The fourth-order valence-corrected chi connectivity index (χ4v) is 4.13. The van der Waals surface area contributed by atoms with Crippen LogP contribution in [0.1, 0.15) is 31.4 Å². The number of primary amides is 1. The number of nitrogens with two attached hydrogens (primary N) is 1. The second kappa shape index (κ2) is 10.4. The van der Waals surface area contributed by atoms with Gasteiger partial charge in [0.25, 0.3) is 5.56 Å². The van der Waals surface area contributed by atoms with Crippen LogP contribution in [0.4, 0.5) is 25.0 Å². The highest BCUT2D eigenvalue weighted by molar-refractivity contribution is 6.31. The first kappa shape index (κ1) is 27.0. The molecule has 1 aliphatic rings. The predicted octanol–water partition coefficient (Wildman–Crippen LogP) is 3.15. The zero-order valence-electron chi connectivity index (χ0n) is 20.5. The zero-order valence-corrected chi connectivity index (χ0v) is 21.2. The van der Waals surface area contributed by atoms with Crippen molar-refractivity contribution in [3.05, 3.63) is 80.9 Å². The Labute approximate surface area is 220 Å². The van der Waals surface area contributed by atoms with Gasteiger partial charge in [0.15, 0.2) is 5.02 Å². The number of anilines is 2. The summed E-state index contributed by atoms with van der Waals surface area (Å²) in [7, 11) is 0. The van der Waals surface area contributed by atoms with E-state index in [0.717, 1.165) is 6.07 Å². The molecule has 0 aliphatic carbocycles. The number of aliphatic hydroxyl groups is 1. The molecular formula is C25H24ClF2N5O5. The van der Waals surface area contributed by atoms with E-state index in [0.29, 0.717) is 23.0 Å². The molecule has 10 nitrogen and oxygen atoms in total. The highest BCUT2D eigenvalue weighted by atomic mass is 35.5. The van der Waals surface area contributed by atoms with Crippen molar-refractivity contribution < 1.29 is 28.2 Å². The first-order valence-electron chi connectivity index (χ1n) is 11.4. The van der Waals surface area contributed by atoms with Crippen molar-refractivity contribution in [2.45, 2.75) is 39.0 Å². The Kier molecular flexibility index (Phi) is 7.38. The Morgan fingerprint density at radius 2 is 1.89 bits per heavy atom. The number of carbonyl (C=O) groups is 2. The first-order chi connectivity index (χ1) is 17.8. The van der Waals surface area contributed by atoms with Gasteiger partial charge in [-0.3, -0.25) is 24.0 Å². The van der Waals surface area contributed by atoms with Crippen LogP contribution in [-0.2, 0) is 17.9 Å². The van der Waals surface area contributed by atoms with Crippen molar-refractivity contribution in [1.82, 2.24) is 9.55 Å². The van der Waals surface area contributed by atoms with Crippen LogP contribution in [0.5, 0.6) is 5.88 Å².